The van der Waals surface area contributed by atoms with Gasteiger partial charge < -0.3 is 10.1 Å². The fraction of sp³-hybridized carbons (Fsp3) is 0.389. The SMILES string of the molecule is COc1ccc(Br)cc1CNC(=O)[C@H](C)N1C(=O)CCn2nc(C)cc21. The molecule has 7 nitrogen and oxygen atoms in total. The first-order valence-electron chi connectivity index (χ1n) is 8.37. The number of aryl methyl sites for hydroxylation is 2. The monoisotopic (exact) mass is 420 g/mol. The molecule has 1 aromatic carbocycles. The maximum atomic E-state index is 12.7. The first-order chi connectivity index (χ1) is 12.4. The Balaban J connectivity index is 1.74. The summed E-state index contributed by atoms with van der Waals surface area (Å²) in [5.74, 6) is 1.07. The van der Waals surface area contributed by atoms with Crippen LogP contribution in [-0.4, -0.2) is 34.7 Å². The van der Waals surface area contributed by atoms with Crippen LogP contribution in [0.4, 0.5) is 5.82 Å². The third-order valence-corrected chi connectivity index (χ3v) is 4.89. The van der Waals surface area contributed by atoms with E-state index in [1.54, 1.807) is 18.7 Å². The third kappa shape index (κ3) is 3.60. The number of carbonyl (C=O) groups excluding carboxylic acids is 2. The van der Waals surface area contributed by atoms with Crippen LogP contribution in [0.25, 0.3) is 0 Å². The Morgan fingerprint density at radius 1 is 1.42 bits per heavy atom. The van der Waals surface area contributed by atoms with Crippen LogP contribution in [-0.2, 0) is 22.7 Å². The number of fused-ring (bicyclic) bond motifs is 1. The summed E-state index contributed by atoms with van der Waals surface area (Å²) in [6.45, 7) is 4.45. The Morgan fingerprint density at radius 2 is 2.19 bits per heavy atom. The number of ether oxygens (including phenoxy) is 1. The van der Waals surface area contributed by atoms with Crippen LogP contribution in [0.5, 0.6) is 5.75 Å². The zero-order valence-electron chi connectivity index (χ0n) is 15.0. The van der Waals surface area contributed by atoms with E-state index in [1.807, 2.05) is 31.2 Å². The van der Waals surface area contributed by atoms with Gasteiger partial charge in [-0.05, 0) is 32.0 Å². The molecule has 0 spiro atoms. The van der Waals surface area contributed by atoms with Crippen molar-refractivity contribution in [2.75, 3.05) is 12.0 Å². The molecule has 0 fully saturated rings. The van der Waals surface area contributed by atoms with E-state index < -0.39 is 6.04 Å². The first kappa shape index (κ1) is 18.4. The predicted molar refractivity (Wildman–Crippen MR) is 101 cm³/mol. The van der Waals surface area contributed by atoms with Gasteiger partial charge in [0.1, 0.15) is 17.6 Å². The molecule has 0 saturated heterocycles. The van der Waals surface area contributed by atoms with Crippen LogP contribution < -0.4 is 15.0 Å². The van der Waals surface area contributed by atoms with Crippen molar-refractivity contribution in [1.82, 2.24) is 15.1 Å². The van der Waals surface area contributed by atoms with Gasteiger partial charge in [0.2, 0.25) is 11.8 Å². The number of halogens is 1. The number of nitrogens with zero attached hydrogens (tertiary/aromatic N) is 3. The van der Waals surface area contributed by atoms with Crippen molar-refractivity contribution < 1.29 is 14.3 Å². The van der Waals surface area contributed by atoms with E-state index in [1.165, 1.54) is 4.90 Å². The Bertz CT molecular complexity index is 849. The van der Waals surface area contributed by atoms with Crippen molar-refractivity contribution in [3.05, 3.63) is 40.0 Å². The zero-order chi connectivity index (χ0) is 18.8. The molecule has 0 bridgehead atoms. The maximum Gasteiger partial charge on any atom is 0.243 e. The maximum absolute atomic E-state index is 12.7. The Hall–Kier alpha value is -2.35. The van der Waals surface area contributed by atoms with Gasteiger partial charge in [-0.2, -0.15) is 5.10 Å². The van der Waals surface area contributed by atoms with Crippen molar-refractivity contribution in [3.63, 3.8) is 0 Å². The minimum absolute atomic E-state index is 0.0694. The molecule has 1 aliphatic heterocycles. The number of carbonyl (C=O) groups is 2. The zero-order valence-corrected chi connectivity index (χ0v) is 16.5. The van der Waals surface area contributed by atoms with E-state index in [9.17, 15) is 9.59 Å². The van der Waals surface area contributed by atoms with E-state index in [0.29, 0.717) is 31.1 Å². The summed E-state index contributed by atoms with van der Waals surface area (Å²) in [6, 6.07) is 6.82. The number of hydrogen-bond acceptors (Lipinski definition) is 4. The highest BCUT2D eigenvalue weighted by Crippen LogP contribution is 2.25. The first-order valence-corrected chi connectivity index (χ1v) is 9.16. The summed E-state index contributed by atoms with van der Waals surface area (Å²) in [5, 5.41) is 7.27. The van der Waals surface area contributed by atoms with Crippen LogP contribution >= 0.6 is 15.9 Å². The largest absolute Gasteiger partial charge is 0.496 e. The molecule has 138 valence electrons. The molecular formula is C18H21BrN4O3. The van der Waals surface area contributed by atoms with Gasteiger partial charge in [0.25, 0.3) is 0 Å². The van der Waals surface area contributed by atoms with Crippen molar-refractivity contribution in [1.29, 1.82) is 0 Å². The normalized spacial score (nSPS) is 14.8. The molecular weight excluding hydrogens is 400 g/mol. The van der Waals surface area contributed by atoms with E-state index in [-0.39, 0.29) is 11.8 Å². The number of anilines is 1. The van der Waals surface area contributed by atoms with Crippen LogP contribution in [0.2, 0.25) is 0 Å². The van der Waals surface area contributed by atoms with Crippen LogP contribution in [0.1, 0.15) is 24.6 Å². The topological polar surface area (TPSA) is 76.5 Å². The lowest BCUT2D eigenvalue weighted by molar-refractivity contribution is -0.126. The lowest BCUT2D eigenvalue weighted by atomic mass is 10.1. The Labute approximate surface area is 160 Å². The molecule has 1 atom stereocenters. The fourth-order valence-electron chi connectivity index (χ4n) is 3.09. The summed E-state index contributed by atoms with van der Waals surface area (Å²) in [5.41, 5.74) is 1.68. The van der Waals surface area contributed by atoms with Crippen LogP contribution in [0, 0.1) is 6.92 Å². The highest BCUT2D eigenvalue weighted by Gasteiger charge is 2.33. The summed E-state index contributed by atoms with van der Waals surface area (Å²) >= 11 is 3.42. The predicted octanol–water partition coefficient (Wildman–Crippen LogP) is 2.40. The van der Waals surface area contributed by atoms with Crippen molar-refractivity contribution in [3.8, 4) is 5.75 Å². The Kier molecular flexibility index (Phi) is 5.31. The molecule has 8 heteroatoms. The number of methoxy groups -OCH3 is 1. The second-order valence-electron chi connectivity index (χ2n) is 6.23. The number of benzene rings is 1. The van der Waals surface area contributed by atoms with Gasteiger partial charge in [-0.3, -0.25) is 14.5 Å². The second-order valence-corrected chi connectivity index (χ2v) is 7.15. The minimum atomic E-state index is -0.629. The van der Waals surface area contributed by atoms with Crippen molar-refractivity contribution in [2.24, 2.45) is 0 Å². The van der Waals surface area contributed by atoms with Gasteiger partial charge in [0.05, 0.1) is 19.3 Å². The number of hydrogen-bond donors (Lipinski definition) is 1. The average Bonchev–Trinajstić information content (AvgIpc) is 2.99. The van der Waals surface area contributed by atoms with Gasteiger partial charge >= 0.3 is 0 Å². The molecule has 0 saturated carbocycles. The summed E-state index contributed by atoms with van der Waals surface area (Å²) < 4.78 is 8.01. The highest BCUT2D eigenvalue weighted by molar-refractivity contribution is 9.10. The smallest absolute Gasteiger partial charge is 0.243 e. The van der Waals surface area contributed by atoms with E-state index in [4.69, 9.17) is 4.74 Å². The second kappa shape index (κ2) is 7.49. The quantitative estimate of drug-likeness (QED) is 0.805. The minimum Gasteiger partial charge on any atom is -0.496 e. The van der Waals surface area contributed by atoms with Crippen molar-refractivity contribution >= 4 is 33.6 Å². The molecule has 1 aromatic heterocycles. The highest BCUT2D eigenvalue weighted by atomic mass is 79.9. The molecule has 26 heavy (non-hydrogen) atoms. The molecule has 1 N–H and O–H groups in total. The van der Waals surface area contributed by atoms with Crippen LogP contribution in [0.15, 0.2) is 28.7 Å². The van der Waals surface area contributed by atoms with Gasteiger partial charge in [-0.15, -0.1) is 0 Å². The standard InChI is InChI=1S/C18H21BrN4O3/c1-11-8-16-22(21-11)7-6-17(24)23(16)12(2)18(25)20-10-13-9-14(19)4-5-15(13)26-3/h4-5,8-9,12H,6-7,10H2,1-3H3,(H,20,25)/t12-/m0/s1. The lowest BCUT2D eigenvalue weighted by Crippen LogP contribution is -2.50. The number of amides is 2. The molecule has 2 amide bonds. The van der Waals surface area contributed by atoms with Gasteiger partial charge in [0.15, 0.2) is 0 Å². The molecule has 3 rings (SSSR count). The van der Waals surface area contributed by atoms with E-state index in [2.05, 4.69) is 26.3 Å². The lowest BCUT2D eigenvalue weighted by Gasteiger charge is -2.32. The van der Waals surface area contributed by atoms with Gasteiger partial charge in [-0.1, -0.05) is 15.9 Å². The summed E-state index contributed by atoms with van der Waals surface area (Å²) in [6.07, 6.45) is 0.338. The van der Waals surface area contributed by atoms with Crippen molar-refractivity contribution in [2.45, 2.75) is 39.4 Å². The summed E-state index contributed by atoms with van der Waals surface area (Å²) in [7, 11) is 1.59. The van der Waals surface area contributed by atoms with Gasteiger partial charge in [-0.25, -0.2) is 4.68 Å². The number of aromatic nitrogens is 2. The third-order valence-electron chi connectivity index (χ3n) is 4.40. The molecule has 2 aromatic rings. The number of nitrogens with one attached hydrogen (secondary N) is 1. The van der Waals surface area contributed by atoms with Crippen LogP contribution in [0.3, 0.4) is 0 Å². The molecule has 2 heterocycles. The summed E-state index contributed by atoms with van der Waals surface area (Å²) in [4.78, 5) is 26.6. The van der Waals surface area contributed by atoms with E-state index >= 15 is 0 Å². The molecule has 1 aliphatic rings. The average molecular weight is 421 g/mol. The molecule has 0 radical (unpaired) electrons. The number of rotatable bonds is 5. The Morgan fingerprint density at radius 3 is 2.92 bits per heavy atom. The fourth-order valence-corrected chi connectivity index (χ4v) is 3.50. The van der Waals surface area contributed by atoms with Gasteiger partial charge in [0, 0.05) is 29.1 Å². The molecule has 0 unspecified atom stereocenters. The molecule has 0 aliphatic carbocycles. The van der Waals surface area contributed by atoms with E-state index in [0.717, 1.165) is 15.7 Å².